The van der Waals surface area contributed by atoms with Gasteiger partial charge < -0.3 is 11.1 Å². The first-order valence-corrected chi connectivity index (χ1v) is 5.87. The molecule has 0 heterocycles. The molecule has 1 aromatic carbocycles. The Morgan fingerprint density at radius 2 is 2.29 bits per heavy atom. The standard InChI is InChI=1S/C12H16ClN3O/c1-15-12(17)6-5-9-3-2-4-10(7-9)16-11(14)8-13/h2-4,7H,5-6,8H2,1H3,(H2,14,16)(H,15,17). The van der Waals surface area contributed by atoms with Crippen LogP contribution in [0.2, 0.25) is 0 Å². The lowest BCUT2D eigenvalue weighted by atomic mass is 10.1. The van der Waals surface area contributed by atoms with Crippen molar-refractivity contribution in [1.29, 1.82) is 0 Å². The van der Waals surface area contributed by atoms with Crippen molar-refractivity contribution < 1.29 is 4.79 Å². The molecule has 0 saturated heterocycles. The zero-order chi connectivity index (χ0) is 12.7. The monoisotopic (exact) mass is 253 g/mol. The molecule has 0 saturated carbocycles. The number of carbonyl (C=O) groups is 1. The number of carbonyl (C=O) groups excluding carboxylic acids is 1. The van der Waals surface area contributed by atoms with Crippen LogP contribution in [0.1, 0.15) is 12.0 Å². The number of hydrogen-bond donors (Lipinski definition) is 2. The number of nitrogens with two attached hydrogens (primary N) is 1. The third kappa shape index (κ3) is 4.87. The predicted molar refractivity (Wildman–Crippen MR) is 70.8 cm³/mol. The zero-order valence-electron chi connectivity index (χ0n) is 9.74. The Balaban J connectivity index is 2.69. The van der Waals surface area contributed by atoms with Crippen LogP contribution >= 0.6 is 11.6 Å². The number of amidine groups is 1. The summed E-state index contributed by atoms with van der Waals surface area (Å²) in [7, 11) is 1.63. The quantitative estimate of drug-likeness (QED) is 0.475. The van der Waals surface area contributed by atoms with Gasteiger partial charge in [0.25, 0.3) is 0 Å². The molecule has 1 aromatic rings. The van der Waals surface area contributed by atoms with Crippen molar-refractivity contribution in [3.63, 3.8) is 0 Å². The first-order valence-electron chi connectivity index (χ1n) is 5.34. The maximum atomic E-state index is 11.1. The van der Waals surface area contributed by atoms with Gasteiger partial charge in [0.2, 0.25) is 5.91 Å². The summed E-state index contributed by atoms with van der Waals surface area (Å²) in [5, 5.41) is 2.59. The van der Waals surface area contributed by atoms with Gasteiger partial charge in [0.15, 0.2) is 0 Å². The Morgan fingerprint density at radius 1 is 1.53 bits per heavy atom. The molecule has 0 fully saturated rings. The third-order valence-corrected chi connectivity index (χ3v) is 2.51. The molecule has 0 aromatic heterocycles. The average Bonchev–Trinajstić information content (AvgIpc) is 2.36. The van der Waals surface area contributed by atoms with Crippen molar-refractivity contribution in [3.8, 4) is 0 Å². The largest absolute Gasteiger partial charge is 0.386 e. The van der Waals surface area contributed by atoms with Gasteiger partial charge in [-0.25, -0.2) is 4.99 Å². The summed E-state index contributed by atoms with van der Waals surface area (Å²) in [5.41, 5.74) is 7.37. The van der Waals surface area contributed by atoms with Crippen LogP contribution in [0.5, 0.6) is 0 Å². The topological polar surface area (TPSA) is 67.5 Å². The third-order valence-electron chi connectivity index (χ3n) is 2.24. The van der Waals surface area contributed by atoms with Crippen molar-refractivity contribution in [3.05, 3.63) is 29.8 Å². The summed E-state index contributed by atoms with van der Waals surface area (Å²) in [6.07, 6.45) is 1.15. The molecule has 0 unspecified atom stereocenters. The van der Waals surface area contributed by atoms with E-state index >= 15 is 0 Å². The summed E-state index contributed by atoms with van der Waals surface area (Å²) < 4.78 is 0. The molecule has 0 aliphatic carbocycles. The molecule has 92 valence electrons. The molecule has 0 bridgehead atoms. The minimum Gasteiger partial charge on any atom is -0.386 e. The maximum absolute atomic E-state index is 11.1. The highest BCUT2D eigenvalue weighted by molar-refractivity contribution is 6.28. The van der Waals surface area contributed by atoms with E-state index in [1.54, 1.807) is 7.05 Å². The Bertz CT molecular complexity index is 418. The van der Waals surface area contributed by atoms with E-state index in [1.807, 2.05) is 24.3 Å². The van der Waals surface area contributed by atoms with Crippen molar-refractivity contribution in [2.45, 2.75) is 12.8 Å². The van der Waals surface area contributed by atoms with Gasteiger partial charge in [-0.2, -0.15) is 0 Å². The van der Waals surface area contributed by atoms with Crippen LogP contribution in [0, 0.1) is 0 Å². The molecule has 0 aliphatic heterocycles. The molecular formula is C12H16ClN3O. The average molecular weight is 254 g/mol. The fraction of sp³-hybridized carbons (Fsp3) is 0.333. The first kappa shape index (κ1) is 13.5. The van der Waals surface area contributed by atoms with Crippen molar-refractivity contribution in [2.24, 2.45) is 10.7 Å². The van der Waals surface area contributed by atoms with E-state index in [0.717, 1.165) is 11.3 Å². The van der Waals surface area contributed by atoms with Crippen LogP contribution in [-0.2, 0) is 11.2 Å². The molecule has 0 radical (unpaired) electrons. The van der Waals surface area contributed by atoms with Crippen molar-refractivity contribution in [1.82, 2.24) is 5.32 Å². The number of benzene rings is 1. The van der Waals surface area contributed by atoms with Gasteiger partial charge in [0, 0.05) is 13.5 Å². The number of amides is 1. The lowest BCUT2D eigenvalue weighted by Crippen LogP contribution is -2.17. The van der Waals surface area contributed by atoms with E-state index in [4.69, 9.17) is 17.3 Å². The van der Waals surface area contributed by atoms with E-state index in [1.165, 1.54) is 0 Å². The fourth-order valence-corrected chi connectivity index (χ4v) is 1.42. The lowest BCUT2D eigenvalue weighted by Gasteiger charge is -2.02. The van der Waals surface area contributed by atoms with Crippen LogP contribution in [0.25, 0.3) is 0 Å². The minimum absolute atomic E-state index is 0.0270. The number of nitrogens with zero attached hydrogens (tertiary/aromatic N) is 1. The van der Waals surface area contributed by atoms with Crippen molar-refractivity contribution >= 4 is 29.0 Å². The van der Waals surface area contributed by atoms with Crippen LogP contribution in [0.15, 0.2) is 29.3 Å². The Hall–Kier alpha value is -1.55. The minimum atomic E-state index is 0.0270. The molecule has 1 amide bonds. The van der Waals surface area contributed by atoms with Gasteiger partial charge in [-0.3, -0.25) is 4.79 Å². The number of alkyl halides is 1. The predicted octanol–water partition coefficient (Wildman–Crippen LogP) is 1.59. The van der Waals surface area contributed by atoms with Gasteiger partial charge in [0.1, 0.15) is 5.84 Å². The molecule has 3 N–H and O–H groups in total. The number of hydrogen-bond acceptors (Lipinski definition) is 2. The summed E-state index contributed by atoms with van der Waals surface area (Å²) in [4.78, 5) is 15.3. The number of nitrogens with one attached hydrogen (secondary N) is 1. The molecule has 5 heteroatoms. The smallest absolute Gasteiger partial charge is 0.220 e. The molecule has 0 atom stereocenters. The summed E-state index contributed by atoms with van der Waals surface area (Å²) in [6, 6.07) is 7.60. The van der Waals surface area contributed by atoms with Crippen LogP contribution in [0.3, 0.4) is 0 Å². The number of halogens is 1. The van der Waals surface area contributed by atoms with Crippen molar-refractivity contribution in [2.75, 3.05) is 12.9 Å². The Morgan fingerprint density at radius 3 is 2.94 bits per heavy atom. The fourth-order valence-electron chi connectivity index (χ4n) is 1.36. The SMILES string of the molecule is CNC(=O)CCc1cccc(N=C(N)CCl)c1. The molecule has 0 aliphatic rings. The number of rotatable bonds is 5. The van der Waals surface area contributed by atoms with E-state index in [2.05, 4.69) is 10.3 Å². The summed E-state index contributed by atoms with van der Waals surface area (Å²) in [6.45, 7) is 0. The van der Waals surface area contributed by atoms with Crippen LogP contribution in [-0.4, -0.2) is 24.7 Å². The van der Waals surface area contributed by atoms with Gasteiger partial charge >= 0.3 is 0 Å². The Kier molecular flexibility index (Phi) is 5.49. The highest BCUT2D eigenvalue weighted by Gasteiger charge is 2.00. The van der Waals surface area contributed by atoms with Gasteiger partial charge in [-0.1, -0.05) is 12.1 Å². The zero-order valence-corrected chi connectivity index (χ0v) is 10.5. The van der Waals surface area contributed by atoms with E-state index in [0.29, 0.717) is 18.7 Å². The highest BCUT2D eigenvalue weighted by Crippen LogP contribution is 2.15. The second-order valence-corrected chi connectivity index (χ2v) is 3.85. The Labute approximate surface area is 106 Å². The normalized spacial score (nSPS) is 11.3. The second-order valence-electron chi connectivity index (χ2n) is 3.58. The van der Waals surface area contributed by atoms with Gasteiger partial charge in [-0.05, 0) is 24.1 Å². The summed E-state index contributed by atoms with van der Waals surface area (Å²) >= 11 is 5.55. The van der Waals surface area contributed by atoms with E-state index < -0.39 is 0 Å². The van der Waals surface area contributed by atoms with Gasteiger partial charge in [0.05, 0.1) is 11.6 Å². The first-order chi connectivity index (χ1) is 8.15. The molecule has 4 nitrogen and oxygen atoms in total. The summed E-state index contributed by atoms with van der Waals surface area (Å²) in [5.74, 6) is 0.622. The second kappa shape index (κ2) is 6.91. The molecular weight excluding hydrogens is 238 g/mol. The van der Waals surface area contributed by atoms with Crippen LogP contribution in [0.4, 0.5) is 5.69 Å². The molecule has 1 rings (SSSR count). The lowest BCUT2D eigenvalue weighted by molar-refractivity contribution is -0.120. The van der Waals surface area contributed by atoms with Crippen LogP contribution < -0.4 is 11.1 Å². The number of aryl methyl sites for hydroxylation is 1. The highest BCUT2D eigenvalue weighted by atomic mass is 35.5. The molecule has 0 spiro atoms. The van der Waals surface area contributed by atoms with E-state index in [-0.39, 0.29) is 11.8 Å². The van der Waals surface area contributed by atoms with E-state index in [9.17, 15) is 4.79 Å². The number of aliphatic imine (C=N–C) groups is 1. The van der Waals surface area contributed by atoms with Gasteiger partial charge in [-0.15, -0.1) is 11.6 Å². The molecule has 17 heavy (non-hydrogen) atoms. The maximum Gasteiger partial charge on any atom is 0.220 e.